The fraction of sp³-hybridized carbons (Fsp3) is 0.214. The molecule has 36 heavy (non-hydrogen) atoms. The van der Waals surface area contributed by atoms with Crippen LogP contribution in [0.5, 0.6) is 0 Å². The summed E-state index contributed by atoms with van der Waals surface area (Å²) in [6.07, 6.45) is 5.75. The van der Waals surface area contributed by atoms with Gasteiger partial charge in [0.1, 0.15) is 0 Å². The molecule has 3 aromatic heterocycles. The van der Waals surface area contributed by atoms with Gasteiger partial charge in [-0.2, -0.15) is 10.4 Å². The molecule has 0 amide bonds. The van der Waals surface area contributed by atoms with Gasteiger partial charge in [-0.15, -0.1) is 0 Å². The number of benzene rings is 2. The highest BCUT2D eigenvalue weighted by atomic mass is 16.1. The minimum absolute atomic E-state index is 0.265. The number of piperidine rings is 1. The van der Waals surface area contributed by atoms with E-state index in [1.54, 1.807) is 6.20 Å². The van der Waals surface area contributed by atoms with Crippen molar-refractivity contribution in [1.29, 1.82) is 5.26 Å². The number of aromatic amines is 1. The van der Waals surface area contributed by atoms with Gasteiger partial charge in [-0.25, -0.2) is 19.3 Å². The van der Waals surface area contributed by atoms with Crippen molar-refractivity contribution in [3.05, 3.63) is 89.0 Å². The third-order valence-corrected chi connectivity index (χ3v) is 6.95. The second-order valence-corrected chi connectivity index (χ2v) is 9.22. The van der Waals surface area contributed by atoms with Crippen LogP contribution >= 0.6 is 0 Å². The molecule has 0 atom stereocenters. The molecule has 0 unspecified atom stereocenters. The largest absolute Gasteiger partial charge is 0.347 e. The van der Waals surface area contributed by atoms with Gasteiger partial charge in [0, 0.05) is 48.4 Å². The Labute approximate surface area is 207 Å². The number of hydrogen-bond acceptors (Lipinski definition) is 6. The standard InChI is InChI=1S/C28H25N7O/c29-18-30-22-10-13-34(14-11-22)17-19-6-8-21(9-7-19)26-23(20-4-2-1-3-5-20)16-24-25(31-26)12-15-35-27(24)32-33-28(35)36/h1-9,12,15-16,22,30H,10-11,13-14,17H2,(H,33,36). The quantitative estimate of drug-likeness (QED) is 0.295. The maximum Gasteiger partial charge on any atom is 0.347 e. The summed E-state index contributed by atoms with van der Waals surface area (Å²) in [5, 5.41) is 19.3. The first kappa shape index (κ1) is 22.0. The topological polar surface area (TPSA) is 102 Å². The number of nitrogens with one attached hydrogen (secondary N) is 2. The van der Waals surface area contributed by atoms with Gasteiger partial charge in [0.25, 0.3) is 0 Å². The van der Waals surface area contributed by atoms with Crippen molar-refractivity contribution in [1.82, 2.24) is 29.8 Å². The Kier molecular flexibility index (Phi) is 5.68. The summed E-state index contributed by atoms with van der Waals surface area (Å²) in [5.74, 6) is 0. The average Bonchev–Trinajstić information content (AvgIpc) is 3.31. The van der Waals surface area contributed by atoms with Gasteiger partial charge in [-0.05, 0) is 36.1 Å². The zero-order chi connectivity index (χ0) is 24.5. The van der Waals surface area contributed by atoms with Gasteiger partial charge in [0.05, 0.1) is 11.2 Å². The molecule has 178 valence electrons. The Balaban J connectivity index is 1.35. The number of H-pyrrole nitrogens is 1. The van der Waals surface area contributed by atoms with Gasteiger partial charge in [-0.3, -0.25) is 4.90 Å². The maximum atomic E-state index is 12.1. The third-order valence-electron chi connectivity index (χ3n) is 6.95. The molecular formula is C28H25N7O. The second kappa shape index (κ2) is 9.29. The van der Waals surface area contributed by atoms with Crippen LogP contribution in [-0.2, 0) is 6.54 Å². The Morgan fingerprint density at radius 1 is 1.03 bits per heavy atom. The van der Waals surface area contributed by atoms with Gasteiger partial charge in [0.15, 0.2) is 11.8 Å². The highest BCUT2D eigenvalue weighted by Gasteiger charge is 2.19. The molecule has 1 aliphatic rings. The summed E-state index contributed by atoms with van der Waals surface area (Å²) in [4.78, 5) is 19.6. The number of nitriles is 1. The summed E-state index contributed by atoms with van der Waals surface area (Å²) in [7, 11) is 0. The molecule has 4 heterocycles. The Bertz CT molecular complexity index is 1620. The van der Waals surface area contributed by atoms with Crippen molar-refractivity contribution < 1.29 is 0 Å². The van der Waals surface area contributed by atoms with E-state index in [-0.39, 0.29) is 5.69 Å². The van der Waals surface area contributed by atoms with E-state index in [4.69, 9.17) is 10.2 Å². The molecule has 2 aromatic carbocycles. The van der Waals surface area contributed by atoms with Gasteiger partial charge in [0.2, 0.25) is 0 Å². The van der Waals surface area contributed by atoms with E-state index in [0.717, 1.165) is 65.8 Å². The van der Waals surface area contributed by atoms with Crippen LogP contribution in [-0.4, -0.2) is 43.6 Å². The first-order valence-corrected chi connectivity index (χ1v) is 12.1. The van der Waals surface area contributed by atoms with Gasteiger partial charge >= 0.3 is 5.69 Å². The molecule has 1 fully saturated rings. The third kappa shape index (κ3) is 4.10. The minimum Gasteiger partial charge on any atom is -0.321 e. The predicted octanol–water partition coefficient (Wildman–Crippen LogP) is 3.94. The van der Waals surface area contributed by atoms with Gasteiger partial charge < -0.3 is 5.32 Å². The average molecular weight is 476 g/mol. The van der Waals surface area contributed by atoms with Crippen molar-refractivity contribution in [2.45, 2.75) is 25.4 Å². The highest BCUT2D eigenvalue weighted by Crippen LogP contribution is 2.34. The summed E-state index contributed by atoms with van der Waals surface area (Å²) < 4.78 is 1.51. The fourth-order valence-electron chi connectivity index (χ4n) is 5.02. The first-order valence-electron chi connectivity index (χ1n) is 12.1. The molecule has 0 radical (unpaired) electrons. The molecule has 0 spiro atoms. The minimum atomic E-state index is -0.265. The Morgan fingerprint density at radius 3 is 2.56 bits per heavy atom. The zero-order valence-corrected chi connectivity index (χ0v) is 19.7. The van der Waals surface area contributed by atoms with Crippen molar-refractivity contribution >= 4 is 16.6 Å². The molecule has 0 aliphatic carbocycles. The van der Waals surface area contributed by atoms with Crippen LogP contribution in [0.4, 0.5) is 0 Å². The molecule has 1 aliphatic heterocycles. The predicted molar refractivity (Wildman–Crippen MR) is 139 cm³/mol. The van der Waals surface area contributed by atoms with Crippen LogP contribution in [0.2, 0.25) is 0 Å². The lowest BCUT2D eigenvalue weighted by molar-refractivity contribution is 0.197. The van der Waals surface area contributed by atoms with Crippen LogP contribution in [0, 0.1) is 11.5 Å². The Morgan fingerprint density at radius 2 is 1.81 bits per heavy atom. The monoisotopic (exact) mass is 475 g/mol. The summed E-state index contributed by atoms with van der Waals surface area (Å²) in [5.41, 5.74) is 6.32. The lowest BCUT2D eigenvalue weighted by Crippen LogP contribution is -2.40. The van der Waals surface area contributed by atoms with Crippen molar-refractivity contribution in [2.75, 3.05) is 13.1 Å². The highest BCUT2D eigenvalue weighted by molar-refractivity contribution is 5.98. The molecule has 0 bridgehead atoms. The number of likely N-dealkylation sites (tertiary alicyclic amines) is 1. The molecule has 8 heteroatoms. The molecule has 0 saturated carbocycles. The summed E-state index contributed by atoms with van der Waals surface area (Å²) >= 11 is 0. The van der Waals surface area contributed by atoms with Crippen LogP contribution < -0.4 is 11.0 Å². The second-order valence-electron chi connectivity index (χ2n) is 9.22. The van der Waals surface area contributed by atoms with Crippen LogP contribution in [0.1, 0.15) is 18.4 Å². The number of rotatable bonds is 5. The molecule has 1 saturated heterocycles. The van der Waals surface area contributed by atoms with E-state index in [9.17, 15) is 4.79 Å². The smallest absolute Gasteiger partial charge is 0.321 e. The van der Waals surface area contributed by atoms with Crippen LogP contribution in [0.3, 0.4) is 0 Å². The van der Waals surface area contributed by atoms with E-state index >= 15 is 0 Å². The summed E-state index contributed by atoms with van der Waals surface area (Å²) in [6, 6.07) is 23.0. The lowest BCUT2D eigenvalue weighted by atomic mass is 9.97. The molecular weight excluding hydrogens is 450 g/mol. The van der Waals surface area contributed by atoms with Crippen molar-refractivity contribution in [3.63, 3.8) is 0 Å². The molecule has 8 nitrogen and oxygen atoms in total. The number of pyridine rings is 2. The first-order chi connectivity index (χ1) is 17.7. The summed E-state index contributed by atoms with van der Waals surface area (Å²) in [6.45, 7) is 2.86. The Hall–Kier alpha value is -4.48. The zero-order valence-electron chi connectivity index (χ0n) is 19.7. The van der Waals surface area contributed by atoms with E-state index < -0.39 is 0 Å². The number of fused-ring (bicyclic) bond motifs is 3. The van der Waals surface area contributed by atoms with E-state index in [1.165, 1.54) is 9.96 Å². The number of nitrogens with zero attached hydrogens (tertiary/aromatic N) is 5. The number of aromatic nitrogens is 4. The fourth-order valence-corrected chi connectivity index (χ4v) is 5.02. The van der Waals surface area contributed by atoms with E-state index in [2.05, 4.69) is 69.1 Å². The molecule has 6 rings (SSSR count). The van der Waals surface area contributed by atoms with Gasteiger partial charge in [-0.1, -0.05) is 54.6 Å². The van der Waals surface area contributed by atoms with Crippen LogP contribution in [0.25, 0.3) is 38.9 Å². The van der Waals surface area contributed by atoms with E-state index in [1.807, 2.05) is 24.3 Å². The molecule has 5 aromatic rings. The van der Waals surface area contributed by atoms with Crippen molar-refractivity contribution in [2.24, 2.45) is 0 Å². The SMILES string of the molecule is N#CNC1CCN(Cc2ccc(-c3nc4ccn5c(=O)[nH]nc5c4cc3-c3ccccc3)cc2)CC1. The van der Waals surface area contributed by atoms with Crippen LogP contribution in [0.15, 0.2) is 77.7 Å². The molecule has 2 N–H and O–H groups in total. The van der Waals surface area contributed by atoms with E-state index in [0.29, 0.717) is 11.7 Å². The lowest BCUT2D eigenvalue weighted by Gasteiger charge is -2.31. The number of hydrogen-bond donors (Lipinski definition) is 2. The van der Waals surface area contributed by atoms with Crippen molar-refractivity contribution in [3.8, 4) is 28.6 Å². The normalized spacial score (nSPS) is 14.8. The maximum absolute atomic E-state index is 12.1.